The lowest BCUT2D eigenvalue weighted by Gasteiger charge is -2.05. The summed E-state index contributed by atoms with van der Waals surface area (Å²) in [6.45, 7) is 3.39. The molecule has 0 aliphatic carbocycles. The van der Waals surface area contributed by atoms with E-state index in [1.54, 1.807) is 13.4 Å². The fourth-order valence-corrected chi connectivity index (χ4v) is 4.06. The van der Waals surface area contributed by atoms with Crippen molar-refractivity contribution in [2.75, 3.05) is 24.8 Å². The molecule has 1 amide bonds. The minimum absolute atomic E-state index is 0.120. The highest BCUT2D eigenvalue weighted by Crippen LogP contribution is 2.25. The second-order valence-corrected chi connectivity index (χ2v) is 7.92. The number of aryl methyl sites for hydroxylation is 1. The first-order chi connectivity index (χ1) is 13.7. The summed E-state index contributed by atoms with van der Waals surface area (Å²) in [7, 11) is 1.65. The minimum atomic E-state index is -0.120. The molecule has 0 fully saturated rings. The van der Waals surface area contributed by atoms with Crippen molar-refractivity contribution >= 4 is 34.1 Å². The zero-order chi connectivity index (χ0) is 19.8. The van der Waals surface area contributed by atoms with Gasteiger partial charge >= 0.3 is 0 Å². The standard InChI is InChI=1S/C19H23N5O2S2/c1-3-4-14-5-7-15(8-6-14)16-11-27-18(21-16)22-17(25)12-28-19-23-20-13-24(19)9-10-26-2/h5-8,11,13H,3-4,9-10,12H2,1-2H3,(H,21,22,25). The average molecular weight is 418 g/mol. The van der Waals surface area contributed by atoms with Crippen molar-refractivity contribution in [1.82, 2.24) is 19.7 Å². The Morgan fingerprint density at radius 3 is 2.89 bits per heavy atom. The van der Waals surface area contributed by atoms with Gasteiger partial charge in [-0.2, -0.15) is 0 Å². The number of aromatic nitrogens is 4. The second-order valence-electron chi connectivity index (χ2n) is 6.12. The highest BCUT2D eigenvalue weighted by Gasteiger charge is 2.11. The molecule has 0 unspecified atom stereocenters. The van der Waals surface area contributed by atoms with Gasteiger partial charge in [0.15, 0.2) is 10.3 Å². The van der Waals surface area contributed by atoms with E-state index in [9.17, 15) is 4.79 Å². The Morgan fingerprint density at radius 1 is 1.32 bits per heavy atom. The number of rotatable bonds is 10. The van der Waals surface area contributed by atoms with Crippen LogP contribution in [0.15, 0.2) is 41.1 Å². The number of thiazole rings is 1. The summed E-state index contributed by atoms with van der Waals surface area (Å²) in [6, 6.07) is 8.42. The molecule has 0 saturated carbocycles. The van der Waals surface area contributed by atoms with E-state index in [1.165, 1.54) is 28.7 Å². The first-order valence-corrected chi connectivity index (χ1v) is 10.9. The number of benzene rings is 1. The number of nitrogens with zero attached hydrogens (tertiary/aromatic N) is 4. The molecule has 0 aliphatic rings. The molecule has 0 aliphatic heterocycles. The average Bonchev–Trinajstić information content (AvgIpc) is 3.35. The Bertz CT molecular complexity index is 892. The van der Waals surface area contributed by atoms with Crippen molar-refractivity contribution in [2.45, 2.75) is 31.5 Å². The fraction of sp³-hybridized carbons (Fsp3) is 0.368. The van der Waals surface area contributed by atoms with Gasteiger partial charge in [0, 0.05) is 24.6 Å². The van der Waals surface area contributed by atoms with Crippen molar-refractivity contribution in [2.24, 2.45) is 0 Å². The number of anilines is 1. The number of carbonyl (C=O) groups is 1. The van der Waals surface area contributed by atoms with Gasteiger partial charge in [-0.1, -0.05) is 49.4 Å². The summed E-state index contributed by atoms with van der Waals surface area (Å²) >= 11 is 2.76. The van der Waals surface area contributed by atoms with E-state index < -0.39 is 0 Å². The highest BCUT2D eigenvalue weighted by atomic mass is 32.2. The maximum atomic E-state index is 12.2. The van der Waals surface area contributed by atoms with Gasteiger partial charge in [-0.25, -0.2) is 4.98 Å². The number of thioether (sulfide) groups is 1. The van der Waals surface area contributed by atoms with E-state index in [1.807, 2.05) is 9.95 Å². The van der Waals surface area contributed by atoms with Gasteiger partial charge in [0.25, 0.3) is 0 Å². The SMILES string of the molecule is CCCc1ccc(-c2csc(NC(=O)CSc3nncn3CCOC)n2)cc1. The molecule has 7 nitrogen and oxygen atoms in total. The zero-order valence-corrected chi connectivity index (χ0v) is 17.6. The molecule has 1 aromatic carbocycles. The Balaban J connectivity index is 1.53. The van der Waals surface area contributed by atoms with Crippen LogP contribution in [-0.2, 0) is 22.5 Å². The van der Waals surface area contributed by atoms with Crippen molar-refractivity contribution in [3.8, 4) is 11.3 Å². The Morgan fingerprint density at radius 2 is 2.14 bits per heavy atom. The molecule has 0 saturated heterocycles. The topological polar surface area (TPSA) is 81.9 Å². The van der Waals surface area contributed by atoms with E-state index in [0.717, 1.165) is 24.1 Å². The highest BCUT2D eigenvalue weighted by molar-refractivity contribution is 7.99. The molecule has 28 heavy (non-hydrogen) atoms. The maximum absolute atomic E-state index is 12.2. The lowest BCUT2D eigenvalue weighted by Crippen LogP contribution is -2.14. The van der Waals surface area contributed by atoms with E-state index in [2.05, 4.69) is 51.7 Å². The Hall–Kier alpha value is -2.23. The van der Waals surface area contributed by atoms with Crippen LogP contribution in [0.4, 0.5) is 5.13 Å². The lowest BCUT2D eigenvalue weighted by atomic mass is 10.1. The predicted molar refractivity (Wildman–Crippen MR) is 113 cm³/mol. The third-order valence-corrected chi connectivity index (χ3v) is 5.73. The molecule has 9 heteroatoms. The number of methoxy groups -OCH3 is 1. The number of carbonyl (C=O) groups excluding carboxylic acids is 1. The van der Waals surface area contributed by atoms with Crippen LogP contribution in [0.25, 0.3) is 11.3 Å². The Kier molecular flexibility index (Phi) is 7.58. The van der Waals surface area contributed by atoms with E-state index in [4.69, 9.17) is 4.74 Å². The van der Waals surface area contributed by atoms with Crippen LogP contribution in [-0.4, -0.2) is 45.1 Å². The first kappa shape index (κ1) is 20.5. The monoisotopic (exact) mass is 417 g/mol. The summed E-state index contributed by atoms with van der Waals surface area (Å²) in [5.74, 6) is 0.122. The van der Waals surface area contributed by atoms with Crippen LogP contribution in [0.5, 0.6) is 0 Å². The zero-order valence-electron chi connectivity index (χ0n) is 15.9. The van der Waals surface area contributed by atoms with Crippen LogP contribution < -0.4 is 5.32 Å². The summed E-state index contributed by atoms with van der Waals surface area (Å²) in [5.41, 5.74) is 3.25. The molecule has 0 atom stereocenters. The van der Waals surface area contributed by atoms with Crippen LogP contribution in [0.2, 0.25) is 0 Å². The quantitative estimate of drug-likeness (QED) is 0.506. The lowest BCUT2D eigenvalue weighted by molar-refractivity contribution is -0.113. The normalized spacial score (nSPS) is 10.9. The predicted octanol–water partition coefficient (Wildman–Crippen LogP) is 3.73. The van der Waals surface area contributed by atoms with E-state index in [-0.39, 0.29) is 11.7 Å². The molecule has 0 bridgehead atoms. The second kappa shape index (κ2) is 10.4. The largest absolute Gasteiger partial charge is 0.383 e. The molecule has 3 rings (SSSR count). The fourth-order valence-electron chi connectivity index (χ4n) is 2.58. The van der Waals surface area contributed by atoms with Gasteiger partial charge in [0.1, 0.15) is 6.33 Å². The van der Waals surface area contributed by atoms with Crippen LogP contribution in [0.3, 0.4) is 0 Å². The number of nitrogens with one attached hydrogen (secondary N) is 1. The van der Waals surface area contributed by atoms with Crippen molar-refractivity contribution in [1.29, 1.82) is 0 Å². The third kappa shape index (κ3) is 5.63. The molecule has 2 aromatic heterocycles. The third-order valence-electron chi connectivity index (χ3n) is 3.99. The van der Waals surface area contributed by atoms with Crippen molar-refractivity contribution in [3.05, 3.63) is 41.5 Å². The molecule has 148 valence electrons. The van der Waals surface area contributed by atoms with Gasteiger partial charge in [0.05, 0.1) is 18.1 Å². The van der Waals surface area contributed by atoms with Gasteiger partial charge in [-0.15, -0.1) is 21.5 Å². The van der Waals surface area contributed by atoms with Gasteiger partial charge < -0.3 is 14.6 Å². The smallest absolute Gasteiger partial charge is 0.236 e. The maximum Gasteiger partial charge on any atom is 0.236 e. The number of ether oxygens (including phenoxy) is 1. The first-order valence-electron chi connectivity index (χ1n) is 9.03. The molecule has 0 radical (unpaired) electrons. The van der Waals surface area contributed by atoms with E-state index >= 15 is 0 Å². The molecule has 3 aromatic rings. The van der Waals surface area contributed by atoms with Crippen LogP contribution in [0.1, 0.15) is 18.9 Å². The summed E-state index contributed by atoms with van der Waals surface area (Å²) in [5, 5.41) is 14.0. The molecule has 1 N–H and O–H groups in total. The summed E-state index contributed by atoms with van der Waals surface area (Å²) in [4.78, 5) is 16.8. The van der Waals surface area contributed by atoms with E-state index in [0.29, 0.717) is 23.4 Å². The van der Waals surface area contributed by atoms with Crippen molar-refractivity contribution < 1.29 is 9.53 Å². The molecule has 0 spiro atoms. The molecular weight excluding hydrogens is 394 g/mol. The molecular formula is C19H23N5O2S2. The van der Waals surface area contributed by atoms with Crippen LogP contribution in [0, 0.1) is 0 Å². The minimum Gasteiger partial charge on any atom is -0.383 e. The van der Waals surface area contributed by atoms with Crippen LogP contribution >= 0.6 is 23.1 Å². The molecule has 2 heterocycles. The number of amides is 1. The summed E-state index contributed by atoms with van der Waals surface area (Å²) in [6.07, 6.45) is 3.85. The van der Waals surface area contributed by atoms with Gasteiger partial charge in [-0.05, 0) is 12.0 Å². The Labute approximate surface area is 172 Å². The van der Waals surface area contributed by atoms with Gasteiger partial charge in [0.2, 0.25) is 5.91 Å². The number of hydrogen-bond donors (Lipinski definition) is 1. The van der Waals surface area contributed by atoms with Gasteiger partial charge in [-0.3, -0.25) is 4.79 Å². The number of hydrogen-bond acceptors (Lipinski definition) is 7. The summed E-state index contributed by atoms with van der Waals surface area (Å²) < 4.78 is 6.93. The van der Waals surface area contributed by atoms with Crippen molar-refractivity contribution in [3.63, 3.8) is 0 Å².